The van der Waals surface area contributed by atoms with E-state index in [0.717, 1.165) is 42.5 Å². The molecule has 2 N–H and O–H groups in total. The zero-order valence-electron chi connectivity index (χ0n) is 16.0. The number of aromatic amines is 1. The van der Waals surface area contributed by atoms with Crippen molar-refractivity contribution in [1.82, 2.24) is 25.0 Å². The minimum atomic E-state index is -0.496. The number of nitrogens with one attached hydrogen (secondary N) is 2. The van der Waals surface area contributed by atoms with Gasteiger partial charge in [-0.1, -0.05) is 13.8 Å². The molecule has 3 aromatic heterocycles. The van der Waals surface area contributed by atoms with Gasteiger partial charge < -0.3 is 5.32 Å². The predicted molar refractivity (Wildman–Crippen MR) is 103 cm³/mol. The minimum Gasteiger partial charge on any atom is -0.370 e. The summed E-state index contributed by atoms with van der Waals surface area (Å²) < 4.78 is 15.9. The van der Waals surface area contributed by atoms with E-state index >= 15 is 0 Å². The van der Waals surface area contributed by atoms with Gasteiger partial charge in [-0.2, -0.15) is 14.6 Å². The summed E-state index contributed by atoms with van der Waals surface area (Å²) in [6.07, 6.45) is 7.65. The van der Waals surface area contributed by atoms with Crippen molar-refractivity contribution >= 4 is 5.82 Å². The molecule has 0 aliphatic heterocycles. The molecule has 0 saturated carbocycles. The quantitative estimate of drug-likeness (QED) is 0.676. The number of aryl methyl sites for hydroxylation is 1. The van der Waals surface area contributed by atoms with Crippen LogP contribution < -0.4 is 5.32 Å². The summed E-state index contributed by atoms with van der Waals surface area (Å²) in [6.45, 7) is 5.20. The number of halogens is 1. The summed E-state index contributed by atoms with van der Waals surface area (Å²) in [6, 6.07) is 3.34. The van der Waals surface area contributed by atoms with Crippen molar-refractivity contribution in [3.63, 3.8) is 0 Å². The van der Waals surface area contributed by atoms with Crippen LogP contribution in [0.3, 0.4) is 0 Å². The average Bonchev–Trinajstić information content (AvgIpc) is 3.19. The Hall–Kier alpha value is -2.70. The molecule has 4 rings (SSSR count). The van der Waals surface area contributed by atoms with E-state index in [0.29, 0.717) is 12.4 Å². The highest BCUT2D eigenvalue weighted by molar-refractivity contribution is 5.67. The number of fused-ring (bicyclic) bond motifs is 1. The lowest BCUT2D eigenvalue weighted by Crippen LogP contribution is -2.21. The van der Waals surface area contributed by atoms with E-state index in [1.807, 2.05) is 25.5 Å². The maximum Gasteiger partial charge on any atom is 0.215 e. The molecule has 6 nitrogen and oxygen atoms in total. The normalized spacial score (nSPS) is 15.6. The number of hydrogen-bond acceptors (Lipinski definition) is 4. The van der Waals surface area contributed by atoms with Crippen molar-refractivity contribution in [2.75, 3.05) is 11.9 Å². The van der Waals surface area contributed by atoms with E-state index in [-0.39, 0.29) is 5.41 Å². The molecule has 0 radical (unpaired) electrons. The summed E-state index contributed by atoms with van der Waals surface area (Å²) in [5.41, 5.74) is 5.40. The van der Waals surface area contributed by atoms with Gasteiger partial charge in [0.25, 0.3) is 0 Å². The van der Waals surface area contributed by atoms with Gasteiger partial charge in [-0.15, -0.1) is 0 Å². The van der Waals surface area contributed by atoms with Crippen LogP contribution in [-0.2, 0) is 26.3 Å². The fourth-order valence-electron chi connectivity index (χ4n) is 3.75. The first-order valence-corrected chi connectivity index (χ1v) is 9.35. The van der Waals surface area contributed by atoms with E-state index in [4.69, 9.17) is 0 Å². The maximum absolute atomic E-state index is 14.1. The molecular formula is C20H25FN6. The second-order valence-electron chi connectivity index (χ2n) is 8.13. The van der Waals surface area contributed by atoms with E-state index in [2.05, 4.69) is 39.4 Å². The first kappa shape index (κ1) is 17.7. The molecule has 0 spiro atoms. The van der Waals surface area contributed by atoms with E-state index in [1.54, 1.807) is 4.68 Å². The number of rotatable bonds is 5. The third-order valence-corrected chi connectivity index (χ3v) is 5.21. The first-order valence-electron chi connectivity index (χ1n) is 9.35. The number of pyridine rings is 1. The van der Waals surface area contributed by atoms with Crippen LogP contribution in [0.15, 0.2) is 24.5 Å². The zero-order chi connectivity index (χ0) is 19.0. The van der Waals surface area contributed by atoms with Crippen LogP contribution in [0.2, 0.25) is 0 Å². The molecule has 0 fully saturated rings. The Labute approximate surface area is 158 Å². The topological polar surface area (TPSA) is 71.4 Å². The molecule has 7 heteroatoms. The van der Waals surface area contributed by atoms with Crippen LogP contribution in [0.25, 0.3) is 11.3 Å². The Bertz CT molecular complexity index is 955. The van der Waals surface area contributed by atoms with Crippen LogP contribution in [0.5, 0.6) is 0 Å². The van der Waals surface area contributed by atoms with Gasteiger partial charge in [-0.25, -0.2) is 4.98 Å². The second kappa shape index (κ2) is 6.79. The molecular weight excluding hydrogens is 343 g/mol. The molecule has 0 atom stereocenters. The molecule has 0 aromatic carbocycles. The Morgan fingerprint density at radius 1 is 1.33 bits per heavy atom. The Balaban J connectivity index is 1.52. The number of H-pyrrole nitrogens is 1. The SMILES string of the molecule is Cn1cc(CCNc2cc(-c3n[nH]c4c3CCC(C)(C)C4)cc(F)n2)cn1. The van der Waals surface area contributed by atoms with Crippen LogP contribution in [0, 0.1) is 11.4 Å². The number of aromatic nitrogens is 5. The van der Waals surface area contributed by atoms with Crippen molar-refractivity contribution in [2.45, 2.75) is 39.5 Å². The molecule has 27 heavy (non-hydrogen) atoms. The number of nitrogens with zero attached hydrogens (tertiary/aromatic N) is 4. The molecule has 1 aliphatic carbocycles. The van der Waals surface area contributed by atoms with Crippen LogP contribution in [0.1, 0.15) is 37.1 Å². The van der Waals surface area contributed by atoms with Gasteiger partial charge in [0.2, 0.25) is 5.95 Å². The van der Waals surface area contributed by atoms with Gasteiger partial charge >= 0.3 is 0 Å². The fraction of sp³-hybridized carbons (Fsp3) is 0.450. The van der Waals surface area contributed by atoms with Crippen LogP contribution in [0.4, 0.5) is 10.2 Å². The summed E-state index contributed by atoms with van der Waals surface area (Å²) >= 11 is 0. The number of hydrogen-bond donors (Lipinski definition) is 2. The van der Waals surface area contributed by atoms with Gasteiger partial charge in [0.15, 0.2) is 0 Å². The van der Waals surface area contributed by atoms with Crippen molar-refractivity contribution < 1.29 is 4.39 Å². The summed E-state index contributed by atoms with van der Waals surface area (Å²) in [5, 5.41) is 15.0. The first-order chi connectivity index (χ1) is 12.9. The molecule has 0 bridgehead atoms. The molecule has 0 saturated heterocycles. The molecule has 3 aromatic rings. The Morgan fingerprint density at radius 2 is 2.19 bits per heavy atom. The molecule has 3 heterocycles. The fourth-order valence-corrected chi connectivity index (χ4v) is 3.75. The van der Waals surface area contributed by atoms with E-state index in [1.165, 1.54) is 17.3 Å². The highest BCUT2D eigenvalue weighted by Gasteiger charge is 2.29. The molecule has 142 valence electrons. The maximum atomic E-state index is 14.1. The Kier molecular flexibility index (Phi) is 4.45. The molecule has 1 aliphatic rings. The summed E-state index contributed by atoms with van der Waals surface area (Å²) in [4.78, 5) is 3.98. The van der Waals surface area contributed by atoms with Crippen molar-refractivity contribution in [3.8, 4) is 11.3 Å². The van der Waals surface area contributed by atoms with E-state index < -0.39 is 5.95 Å². The highest BCUT2D eigenvalue weighted by atomic mass is 19.1. The van der Waals surface area contributed by atoms with Gasteiger partial charge in [-0.3, -0.25) is 9.78 Å². The third kappa shape index (κ3) is 3.86. The van der Waals surface area contributed by atoms with Gasteiger partial charge in [0, 0.05) is 42.7 Å². The summed E-state index contributed by atoms with van der Waals surface area (Å²) in [7, 11) is 1.89. The minimum absolute atomic E-state index is 0.277. The largest absolute Gasteiger partial charge is 0.370 e. The van der Waals surface area contributed by atoms with Crippen LogP contribution >= 0.6 is 0 Å². The molecule has 0 amide bonds. The molecule has 0 unspecified atom stereocenters. The second-order valence-corrected chi connectivity index (χ2v) is 8.13. The lowest BCUT2D eigenvalue weighted by Gasteiger charge is -2.29. The standard InChI is InChI=1S/C20H25FN6/c1-20(2)6-4-15-16(10-20)25-26-19(15)14-8-17(21)24-18(9-14)22-7-5-13-11-23-27(3)12-13/h8-9,11-12H,4-7,10H2,1-3H3,(H,22,24)(H,25,26). The lowest BCUT2D eigenvalue weighted by atomic mass is 9.76. The highest BCUT2D eigenvalue weighted by Crippen LogP contribution is 2.38. The monoisotopic (exact) mass is 368 g/mol. The van der Waals surface area contributed by atoms with Gasteiger partial charge in [-0.05, 0) is 42.7 Å². The van der Waals surface area contributed by atoms with Crippen molar-refractivity contribution in [3.05, 3.63) is 47.3 Å². The average molecular weight is 368 g/mol. The van der Waals surface area contributed by atoms with Crippen molar-refractivity contribution in [1.29, 1.82) is 0 Å². The van der Waals surface area contributed by atoms with E-state index in [9.17, 15) is 4.39 Å². The zero-order valence-corrected chi connectivity index (χ0v) is 16.0. The summed E-state index contributed by atoms with van der Waals surface area (Å²) in [5.74, 6) is 0.0334. The van der Waals surface area contributed by atoms with Gasteiger partial charge in [0.05, 0.1) is 11.9 Å². The van der Waals surface area contributed by atoms with Crippen molar-refractivity contribution in [2.24, 2.45) is 12.5 Å². The third-order valence-electron chi connectivity index (χ3n) is 5.21. The smallest absolute Gasteiger partial charge is 0.215 e. The lowest BCUT2D eigenvalue weighted by molar-refractivity contribution is 0.312. The Morgan fingerprint density at radius 3 is 2.96 bits per heavy atom. The van der Waals surface area contributed by atoms with Gasteiger partial charge in [0.1, 0.15) is 5.82 Å². The van der Waals surface area contributed by atoms with Crippen LogP contribution in [-0.4, -0.2) is 31.5 Å². The number of anilines is 1. The predicted octanol–water partition coefficient (Wildman–Crippen LogP) is 3.51.